The first-order valence-corrected chi connectivity index (χ1v) is 8.36. The Bertz CT molecular complexity index is 995. The maximum absolute atomic E-state index is 11.8. The van der Waals surface area contributed by atoms with Crippen LogP contribution >= 0.6 is 46.4 Å². The molecule has 0 bridgehead atoms. The lowest BCUT2D eigenvalue weighted by Crippen LogP contribution is -2.04. The van der Waals surface area contributed by atoms with Crippen molar-refractivity contribution in [3.63, 3.8) is 0 Å². The minimum Gasteiger partial charge on any atom is -0.487 e. The van der Waals surface area contributed by atoms with Crippen molar-refractivity contribution in [2.45, 2.75) is 13.5 Å². The number of hydrogen-bond donors (Lipinski definition) is 0. The Hall–Kier alpha value is -1.39. The highest BCUT2D eigenvalue weighted by Gasteiger charge is 2.11. The molecule has 3 rings (SSSR count). The quantitative estimate of drug-likeness (QED) is 0.380. The lowest BCUT2D eigenvalue weighted by molar-refractivity contribution is 0.307. The summed E-state index contributed by atoms with van der Waals surface area (Å²) in [6.07, 6.45) is 0. The molecule has 0 aliphatic carbocycles. The highest BCUT2D eigenvalue weighted by molar-refractivity contribution is 6.43. The molecule has 0 aliphatic rings. The van der Waals surface area contributed by atoms with E-state index in [0.29, 0.717) is 42.4 Å². The molecule has 0 saturated carbocycles. The number of rotatable bonds is 3. The summed E-state index contributed by atoms with van der Waals surface area (Å²) in [5.41, 5.74) is 1.43. The van der Waals surface area contributed by atoms with Gasteiger partial charge >= 0.3 is 5.63 Å². The van der Waals surface area contributed by atoms with Gasteiger partial charge in [0, 0.05) is 28.1 Å². The molecule has 0 aliphatic heterocycles. The van der Waals surface area contributed by atoms with Gasteiger partial charge in [-0.2, -0.15) is 0 Å². The predicted octanol–water partition coefficient (Wildman–Crippen LogP) is 6.29. The van der Waals surface area contributed by atoms with Crippen molar-refractivity contribution in [3.05, 3.63) is 72.0 Å². The molecule has 7 heteroatoms. The van der Waals surface area contributed by atoms with E-state index in [0.717, 1.165) is 5.56 Å². The van der Waals surface area contributed by atoms with E-state index in [1.54, 1.807) is 12.1 Å². The Morgan fingerprint density at radius 2 is 1.62 bits per heavy atom. The van der Waals surface area contributed by atoms with Gasteiger partial charge in [0.2, 0.25) is 0 Å². The van der Waals surface area contributed by atoms with E-state index < -0.39 is 5.63 Å². The van der Waals surface area contributed by atoms with Crippen LogP contribution in [-0.4, -0.2) is 0 Å². The summed E-state index contributed by atoms with van der Waals surface area (Å²) in [5.74, 6) is 0.366. The van der Waals surface area contributed by atoms with E-state index in [2.05, 4.69) is 0 Å². The zero-order valence-corrected chi connectivity index (χ0v) is 15.4. The van der Waals surface area contributed by atoms with Crippen LogP contribution in [0.1, 0.15) is 11.1 Å². The number of ether oxygens (including phenoxy) is 1. The molecule has 3 aromatic rings. The van der Waals surface area contributed by atoms with Crippen LogP contribution in [0.4, 0.5) is 0 Å². The van der Waals surface area contributed by atoms with Crippen LogP contribution in [0.3, 0.4) is 0 Å². The van der Waals surface area contributed by atoms with Gasteiger partial charge in [0.25, 0.3) is 0 Å². The third-order valence-electron chi connectivity index (χ3n) is 3.47. The second-order valence-electron chi connectivity index (χ2n) is 5.17. The Kier molecular flexibility index (Phi) is 4.97. The van der Waals surface area contributed by atoms with Crippen LogP contribution in [0, 0.1) is 6.92 Å². The van der Waals surface area contributed by atoms with Crippen LogP contribution in [0.15, 0.2) is 39.5 Å². The molecule has 24 heavy (non-hydrogen) atoms. The van der Waals surface area contributed by atoms with Crippen LogP contribution in [0.5, 0.6) is 5.75 Å². The van der Waals surface area contributed by atoms with Gasteiger partial charge in [-0.3, -0.25) is 0 Å². The monoisotopic (exact) mass is 402 g/mol. The fourth-order valence-electron chi connectivity index (χ4n) is 2.24. The molecule has 124 valence electrons. The van der Waals surface area contributed by atoms with Crippen molar-refractivity contribution in [2.75, 3.05) is 0 Å². The molecule has 2 aromatic carbocycles. The first-order valence-electron chi connectivity index (χ1n) is 6.85. The van der Waals surface area contributed by atoms with E-state index in [4.69, 9.17) is 55.6 Å². The Morgan fingerprint density at radius 3 is 2.38 bits per heavy atom. The molecule has 0 amide bonds. The molecular formula is C17H10Cl4O3. The first kappa shape index (κ1) is 17.4. The van der Waals surface area contributed by atoms with Crippen molar-refractivity contribution < 1.29 is 9.15 Å². The van der Waals surface area contributed by atoms with Crippen molar-refractivity contribution in [2.24, 2.45) is 0 Å². The zero-order chi connectivity index (χ0) is 17.4. The Morgan fingerprint density at radius 1 is 0.917 bits per heavy atom. The van der Waals surface area contributed by atoms with E-state index in [1.165, 1.54) is 18.2 Å². The summed E-state index contributed by atoms with van der Waals surface area (Å²) >= 11 is 24.1. The van der Waals surface area contributed by atoms with Crippen molar-refractivity contribution in [1.82, 2.24) is 0 Å². The van der Waals surface area contributed by atoms with Crippen molar-refractivity contribution in [1.29, 1.82) is 0 Å². The summed E-state index contributed by atoms with van der Waals surface area (Å²) in [6.45, 7) is 1.93. The maximum atomic E-state index is 11.8. The van der Waals surface area contributed by atoms with Crippen LogP contribution in [-0.2, 0) is 6.61 Å². The highest BCUT2D eigenvalue weighted by Crippen LogP contribution is 2.34. The van der Waals surface area contributed by atoms with Crippen LogP contribution in [0.2, 0.25) is 20.1 Å². The zero-order valence-electron chi connectivity index (χ0n) is 12.3. The molecule has 1 aromatic heterocycles. The van der Waals surface area contributed by atoms with Crippen molar-refractivity contribution >= 4 is 57.4 Å². The van der Waals surface area contributed by atoms with Gasteiger partial charge in [0.1, 0.15) is 17.9 Å². The molecule has 0 N–H and O–H groups in total. The molecule has 0 spiro atoms. The van der Waals surface area contributed by atoms with Gasteiger partial charge in [0.15, 0.2) is 0 Å². The van der Waals surface area contributed by atoms with Gasteiger partial charge < -0.3 is 9.15 Å². The largest absolute Gasteiger partial charge is 0.487 e. The molecule has 0 fully saturated rings. The van der Waals surface area contributed by atoms with E-state index >= 15 is 0 Å². The second kappa shape index (κ2) is 6.85. The minimum atomic E-state index is -0.469. The number of fused-ring (bicyclic) bond motifs is 1. The van der Waals surface area contributed by atoms with E-state index in [-0.39, 0.29) is 6.61 Å². The second-order valence-corrected chi connectivity index (χ2v) is 6.80. The number of hydrogen-bond acceptors (Lipinski definition) is 3. The normalized spacial score (nSPS) is 11.0. The van der Waals surface area contributed by atoms with Crippen LogP contribution < -0.4 is 10.4 Å². The lowest BCUT2D eigenvalue weighted by Gasteiger charge is -2.11. The predicted molar refractivity (Wildman–Crippen MR) is 98.0 cm³/mol. The number of halogens is 4. The van der Waals surface area contributed by atoms with Crippen molar-refractivity contribution in [3.8, 4) is 5.75 Å². The topological polar surface area (TPSA) is 39.4 Å². The highest BCUT2D eigenvalue weighted by atomic mass is 35.5. The summed E-state index contributed by atoms with van der Waals surface area (Å²) in [7, 11) is 0. The third-order valence-corrected chi connectivity index (χ3v) is 4.89. The average molecular weight is 404 g/mol. The fourth-order valence-corrected chi connectivity index (χ4v) is 2.99. The summed E-state index contributed by atoms with van der Waals surface area (Å²) in [6, 6.07) is 7.84. The number of benzene rings is 2. The molecular weight excluding hydrogens is 394 g/mol. The summed E-state index contributed by atoms with van der Waals surface area (Å²) < 4.78 is 10.9. The molecule has 0 atom stereocenters. The molecule has 0 radical (unpaired) electrons. The van der Waals surface area contributed by atoms with E-state index in [1.807, 2.05) is 6.92 Å². The standard InChI is InChI=1S/C17H10Cl4O3/c1-8-2-15-10(4-11(8)18)9(3-17(22)24-15)7-23-16-6-13(20)12(19)5-14(16)21/h2-6H,7H2,1H3. The van der Waals surface area contributed by atoms with Gasteiger partial charge in [-0.05, 0) is 30.7 Å². The molecule has 3 nitrogen and oxygen atoms in total. The minimum absolute atomic E-state index is 0.0964. The Balaban J connectivity index is 2.00. The van der Waals surface area contributed by atoms with Crippen LogP contribution in [0.25, 0.3) is 11.0 Å². The van der Waals surface area contributed by atoms with Gasteiger partial charge in [-0.1, -0.05) is 46.4 Å². The first-order chi connectivity index (χ1) is 11.3. The van der Waals surface area contributed by atoms with Gasteiger partial charge in [-0.25, -0.2) is 4.79 Å². The maximum Gasteiger partial charge on any atom is 0.336 e. The fraction of sp³-hybridized carbons (Fsp3) is 0.118. The molecule has 0 unspecified atom stereocenters. The van der Waals surface area contributed by atoms with Gasteiger partial charge in [0.05, 0.1) is 15.1 Å². The third kappa shape index (κ3) is 3.50. The Labute approximate surface area is 157 Å². The molecule has 1 heterocycles. The number of aryl methyl sites for hydroxylation is 1. The SMILES string of the molecule is Cc1cc2oc(=O)cc(COc3cc(Cl)c(Cl)cc3Cl)c2cc1Cl. The summed E-state index contributed by atoms with van der Waals surface area (Å²) in [5, 5.41) is 2.26. The van der Waals surface area contributed by atoms with Gasteiger partial charge in [-0.15, -0.1) is 0 Å². The smallest absolute Gasteiger partial charge is 0.336 e. The van der Waals surface area contributed by atoms with E-state index in [9.17, 15) is 4.79 Å². The molecule has 0 saturated heterocycles. The lowest BCUT2D eigenvalue weighted by atomic mass is 10.1. The summed E-state index contributed by atoms with van der Waals surface area (Å²) in [4.78, 5) is 11.8. The average Bonchev–Trinajstić information content (AvgIpc) is 2.51.